The molecule has 4 heteroatoms. The Morgan fingerprint density at radius 1 is 0.321 bits per heavy atom. The number of thiophene rings is 1. The molecule has 0 saturated heterocycles. The van der Waals surface area contributed by atoms with Gasteiger partial charge in [0.05, 0.1) is 5.69 Å². The smallest absolute Gasteiger partial charge is 0.137 e. The fraction of sp³-hybridized carbons (Fsp3) is 0. The molecule has 11 rings (SSSR count). The Morgan fingerprint density at radius 2 is 0.911 bits per heavy atom. The summed E-state index contributed by atoms with van der Waals surface area (Å²) in [5.74, 6) is 0. The second kappa shape index (κ2) is 13.3. The number of rotatable bonds is 7. The van der Waals surface area contributed by atoms with Gasteiger partial charge in [0.25, 0.3) is 0 Å². The Kier molecular flexibility index (Phi) is 7.68. The minimum atomic E-state index is 0.860. The maximum atomic E-state index is 6.63. The van der Waals surface area contributed by atoms with Gasteiger partial charge in [-0.1, -0.05) is 109 Å². The summed E-state index contributed by atoms with van der Waals surface area (Å²) in [6.07, 6.45) is 0. The summed E-state index contributed by atoms with van der Waals surface area (Å²) >= 11 is 1.84. The average Bonchev–Trinajstić information content (AvgIpc) is 3.82. The Balaban J connectivity index is 1.02. The lowest BCUT2D eigenvalue weighted by Gasteiger charge is -2.27. The van der Waals surface area contributed by atoms with Crippen LogP contribution in [0.3, 0.4) is 0 Å². The first-order chi connectivity index (χ1) is 27.8. The van der Waals surface area contributed by atoms with E-state index in [1.54, 1.807) is 0 Å². The summed E-state index contributed by atoms with van der Waals surface area (Å²) in [4.78, 5) is 4.67. The lowest BCUT2D eigenvalue weighted by atomic mass is 9.95. The zero-order valence-corrected chi connectivity index (χ0v) is 31.2. The van der Waals surface area contributed by atoms with E-state index in [1.165, 1.54) is 36.5 Å². The molecule has 0 amide bonds. The molecule has 0 aliphatic carbocycles. The molecule has 0 spiro atoms. The highest BCUT2D eigenvalue weighted by Gasteiger charge is 2.20. The van der Waals surface area contributed by atoms with E-state index in [-0.39, 0.29) is 0 Å². The first-order valence-corrected chi connectivity index (χ1v) is 19.7. The van der Waals surface area contributed by atoms with Crippen LogP contribution >= 0.6 is 11.3 Å². The Hall–Kier alpha value is -7.14. The molecule has 264 valence electrons. The van der Waals surface area contributed by atoms with Gasteiger partial charge in [0.2, 0.25) is 0 Å². The van der Waals surface area contributed by atoms with Gasteiger partial charge >= 0.3 is 0 Å². The van der Waals surface area contributed by atoms with Crippen molar-refractivity contribution < 1.29 is 4.42 Å². The number of fused-ring (bicyclic) bond motifs is 7. The number of furan rings is 1. The monoisotopic (exact) mass is 734 g/mol. The molecule has 11 aromatic rings. The van der Waals surface area contributed by atoms with Gasteiger partial charge in [-0.2, -0.15) is 0 Å². The number of para-hydroxylation sites is 3. The van der Waals surface area contributed by atoms with Crippen LogP contribution < -0.4 is 9.80 Å². The Morgan fingerprint density at radius 3 is 1.64 bits per heavy atom. The minimum absolute atomic E-state index is 0.860. The van der Waals surface area contributed by atoms with E-state index < -0.39 is 0 Å². The number of benzene rings is 9. The third-order valence-corrected chi connectivity index (χ3v) is 12.0. The van der Waals surface area contributed by atoms with Crippen molar-refractivity contribution in [1.29, 1.82) is 0 Å². The quantitative estimate of drug-likeness (QED) is 0.163. The predicted molar refractivity (Wildman–Crippen MR) is 239 cm³/mol. The second-order valence-corrected chi connectivity index (χ2v) is 15.2. The molecule has 56 heavy (non-hydrogen) atoms. The number of nitrogens with zero attached hydrogens (tertiary/aromatic N) is 2. The van der Waals surface area contributed by atoms with Crippen molar-refractivity contribution in [2.45, 2.75) is 0 Å². The molecule has 2 heterocycles. The summed E-state index contributed by atoms with van der Waals surface area (Å²) in [5.41, 5.74) is 10.7. The molecule has 3 nitrogen and oxygen atoms in total. The molecule has 0 unspecified atom stereocenters. The highest BCUT2D eigenvalue weighted by Crippen LogP contribution is 2.45. The highest BCUT2D eigenvalue weighted by atomic mass is 32.1. The zero-order chi connectivity index (χ0) is 37.0. The van der Waals surface area contributed by atoms with Crippen LogP contribution in [-0.2, 0) is 0 Å². The van der Waals surface area contributed by atoms with Crippen LogP contribution in [0.25, 0.3) is 64.0 Å². The van der Waals surface area contributed by atoms with E-state index in [2.05, 4.69) is 216 Å². The van der Waals surface area contributed by atoms with Crippen LogP contribution in [0.4, 0.5) is 34.1 Å². The molecular weight excluding hydrogens is 701 g/mol. The van der Waals surface area contributed by atoms with E-state index in [1.807, 2.05) is 11.3 Å². The Bertz CT molecular complexity index is 3170. The van der Waals surface area contributed by atoms with Gasteiger partial charge in [-0.15, -0.1) is 11.3 Å². The number of hydrogen-bond acceptors (Lipinski definition) is 4. The topological polar surface area (TPSA) is 19.6 Å². The van der Waals surface area contributed by atoms with Gasteiger partial charge in [-0.05, 0) is 108 Å². The highest BCUT2D eigenvalue weighted by molar-refractivity contribution is 7.25. The zero-order valence-electron chi connectivity index (χ0n) is 30.3. The molecule has 0 saturated carbocycles. The van der Waals surface area contributed by atoms with Gasteiger partial charge in [-0.3, -0.25) is 0 Å². The van der Waals surface area contributed by atoms with Crippen LogP contribution in [0.2, 0.25) is 0 Å². The van der Waals surface area contributed by atoms with Gasteiger partial charge in [-0.25, -0.2) is 0 Å². The second-order valence-electron chi connectivity index (χ2n) is 14.1. The van der Waals surface area contributed by atoms with E-state index in [0.29, 0.717) is 0 Å². The van der Waals surface area contributed by atoms with Crippen LogP contribution in [-0.4, -0.2) is 0 Å². The molecule has 0 atom stereocenters. The molecule has 0 bridgehead atoms. The van der Waals surface area contributed by atoms with Crippen molar-refractivity contribution in [3.05, 3.63) is 206 Å². The number of anilines is 6. The third-order valence-electron chi connectivity index (χ3n) is 10.8. The van der Waals surface area contributed by atoms with E-state index >= 15 is 0 Å². The number of hydrogen-bond donors (Lipinski definition) is 0. The normalized spacial score (nSPS) is 11.6. The van der Waals surface area contributed by atoms with E-state index in [4.69, 9.17) is 4.42 Å². The summed E-state index contributed by atoms with van der Waals surface area (Å²) in [7, 11) is 0. The SMILES string of the molecule is c1ccc(N(c2ccc3c(c2)oc2ccc(-c4ccc(N(c5ccccc5)c5ccccc5)c5ccccc45)cc23)c2ccc3sc4ccccc4c3c2)cc1. The first kappa shape index (κ1) is 32.3. The minimum Gasteiger partial charge on any atom is -0.456 e. The van der Waals surface area contributed by atoms with Crippen molar-refractivity contribution in [3.63, 3.8) is 0 Å². The molecule has 9 aromatic carbocycles. The molecule has 0 radical (unpaired) electrons. The summed E-state index contributed by atoms with van der Waals surface area (Å²) in [6.45, 7) is 0. The van der Waals surface area contributed by atoms with E-state index in [0.717, 1.165) is 61.6 Å². The summed E-state index contributed by atoms with van der Waals surface area (Å²) in [6, 6.07) is 73.8. The van der Waals surface area contributed by atoms with Crippen molar-refractivity contribution in [2.24, 2.45) is 0 Å². The van der Waals surface area contributed by atoms with E-state index in [9.17, 15) is 0 Å². The fourth-order valence-electron chi connectivity index (χ4n) is 8.26. The molecular formula is C52H34N2OS. The van der Waals surface area contributed by atoms with Gasteiger partial charge in [0.15, 0.2) is 0 Å². The average molecular weight is 735 g/mol. The maximum absolute atomic E-state index is 6.63. The first-order valence-electron chi connectivity index (χ1n) is 18.9. The lowest BCUT2D eigenvalue weighted by Crippen LogP contribution is -2.10. The molecule has 0 N–H and O–H groups in total. The fourth-order valence-corrected chi connectivity index (χ4v) is 9.35. The van der Waals surface area contributed by atoms with Crippen LogP contribution in [0.5, 0.6) is 0 Å². The van der Waals surface area contributed by atoms with Crippen molar-refractivity contribution in [3.8, 4) is 11.1 Å². The summed E-state index contributed by atoms with van der Waals surface area (Å²) < 4.78 is 9.22. The van der Waals surface area contributed by atoms with Crippen molar-refractivity contribution >= 4 is 98.3 Å². The van der Waals surface area contributed by atoms with Crippen LogP contribution in [0.1, 0.15) is 0 Å². The molecule has 0 aliphatic heterocycles. The lowest BCUT2D eigenvalue weighted by molar-refractivity contribution is 0.669. The Labute approximate surface area is 328 Å². The van der Waals surface area contributed by atoms with Crippen molar-refractivity contribution in [2.75, 3.05) is 9.80 Å². The standard InChI is InChI=1S/C52H34N2OS/c1-4-14-36(15-5-1)53(39-26-31-52-47(33-39)45-22-12-13-23-51(45)56-52)40-25-27-44-46-32-35(24-30-49(46)55-50(44)34-40)41-28-29-48(43-21-11-10-20-42(41)43)54(37-16-6-2-7-17-37)38-18-8-3-9-19-38/h1-34H. The largest absolute Gasteiger partial charge is 0.456 e. The third kappa shape index (κ3) is 5.42. The van der Waals surface area contributed by atoms with Crippen LogP contribution in [0.15, 0.2) is 211 Å². The molecule has 0 fully saturated rings. The van der Waals surface area contributed by atoms with Gasteiger partial charge in [0, 0.05) is 70.8 Å². The summed E-state index contributed by atoms with van der Waals surface area (Å²) in [5, 5.41) is 7.15. The van der Waals surface area contributed by atoms with Crippen LogP contribution in [0, 0.1) is 0 Å². The predicted octanol–water partition coefficient (Wildman–Crippen LogP) is 15.7. The molecule has 0 aliphatic rings. The van der Waals surface area contributed by atoms with Crippen molar-refractivity contribution in [1.82, 2.24) is 0 Å². The van der Waals surface area contributed by atoms with Gasteiger partial charge < -0.3 is 14.2 Å². The van der Waals surface area contributed by atoms with Gasteiger partial charge in [0.1, 0.15) is 11.2 Å². The molecule has 2 aromatic heterocycles. The maximum Gasteiger partial charge on any atom is 0.137 e.